The van der Waals surface area contributed by atoms with E-state index in [1.807, 2.05) is 6.07 Å². The highest BCUT2D eigenvalue weighted by atomic mass is 35.5. The molecule has 3 nitrogen and oxygen atoms in total. The molecule has 0 aromatic heterocycles. The number of halogens is 1. The molecule has 0 bridgehead atoms. The highest BCUT2D eigenvalue weighted by Gasteiger charge is 2.20. The second kappa shape index (κ2) is 5.61. The highest BCUT2D eigenvalue weighted by molar-refractivity contribution is 6.31. The van der Waals surface area contributed by atoms with Crippen LogP contribution in [0.25, 0.3) is 0 Å². The van der Waals surface area contributed by atoms with Gasteiger partial charge in [-0.1, -0.05) is 18.5 Å². The van der Waals surface area contributed by atoms with Gasteiger partial charge >= 0.3 is 0 Å². The van der Waals surface area contributed by atoms with Gasteiger partial charge in [0.25, 0.3) is 0 Å². The Kier molecular flexibility index (Phi) is 4.13. The van der Waals surface area contributed by atoms with Gasteiger partial charge in [0, 0.05) is 16.7 Å². The number of benzene rings is 1. The predicted octanol–water partition coefficient (Wildman–Crippen LogP) is 2.56. The van der Waals surface area contributed by atoms with E-state index in [1.165, 1.54) is 5.56 Å². The van der Waals surface area contributed by atoms with Crippen LogP contribution in [0.4, 0.5) is 0 Å². The summed E-state index contributed by atoms with van der Waals surface area (Å²) in [6.45, 7) is 3.98. The van der Waals surface area contributed by atoms with E-state index in [2.05, 4.69) is 6.92 Å². The lowest BCUT2D eigenvalue weighted by Gasteiger charge is -2.23. The molecule has 0 aliphatic carbocycles. The van der Waals surface area contributed by atoms with Crippen LogP contribution < -0.4 is 15.2 Å². The molecule has 0 atom stereocenters. The zero-order chi connectivity index (χ0) is 12.3. The predicted molar refractivity (Wildman–Crippen MR) is 69.2 cm³/mol. The molecular weight excluding hydrogens is 238 g/mol. The van der Waals surface area contributed by atoms with Crippen LogP contribution in [0.15, 0.2) is 6.07 Å². The number of ether oxygens (including phenoxy) is 2. The topological polar surface area (TPSA) is 44.5 Å². The molecule has 1 heterocycles. The Balaban J connectivity index is 2.43. The fourth-order valence-corrected chi connectivity index (χ4v) is 2.49. The van der Waals surface area contributed by atoms with E-state index in [0.717, 1.165) is 41.3 Å². The summed E-state index contributed by atoms with van der Waals surface area (Å²) in [6.07, 6.45) is 2.73. The molecule has 1 aliphatic rings. The average molecular weight is 256 g/mol. The van der Waals surface area contributed by atoms with Gasteiger partial charge in [0.15, 0.2) is 11.5 Å². The van der Waals surface area contributed by atoms with Gasteiger partial charge < -0.3 is 15.2 Å². The Morgan fingerprint density at radius 3 is 2.76 bits per heavy atom. The number of rotatable bonds is 4. The minimum absolute atomic E-state index is 0.592. The number of hydrogen-bond acceptors (Lipinski definition) is 3. The molecule has 1 aromatic carbocycles. The number of fused-ring (bicyclic) bond motifs is 1. The van der Waals surface area contributed by atoms with Gasteiger partial charge in [-0.25, -0.2) is 0 Å². The molecule has 2 N–H and O–H groups in total. The van der Waals surface area contributed by atoms with Crippen molar-refractivity contribution in [1.29, 1.82) is 0 Å². The Morgan fingerprint density at radius 2 is 2.06 bits per heavy atom. The second-order valence-corrected chi connectivity index (χ2v) is 4.49. The Bertz CT molecular complexity index is 407. The molecule has 0 amide bonds. The quantitative estimate of drug-likeness (QED) is 0.899. The smallest absolute Gasteiger partial charge is 0.164 e. The van der Waals surface area contributed by atoms with Crippen LogP contribution in [0.1, 0.15) is 24.5 Å². The molecule has 0 fully saturated rings. The van der Waals surface area contributed by atoms with E-state index >= 15 is 0 Å². The van der Waals surface area contributed by atoms with Crippen molar-refractivity contribution in [1.82, 2.24) is 0 Å². The van der Waals surface area contributed by atoms with Crippen molar-refractivity contribution in [3.05, 3.63) is 22.2 Å². The van der Waals surface area contributed by atoms with Gasteiger partial charge in [-0.05, 0) is 31.4 Å². The maximum atomic E-state index is 6.30. The fraction of sp³-hybridized carbons (Fsp3) is 0.538. The van der Waals surface area contributed by atoms with Crippen LogP contribution in [0.2, 0.25) is 5.02 Å². The molecule has 4 heteroatoms. The van der Waals surface area contributed by atoms with Gasteiger partial charge in [0.1, 0.15) is 13.2 Å². The minimum Gasteiger partial charge on any atom is -0.486 e. The third-order valence-corrected chi connectivity index (χ3v) is 3.32. The first kappa shape index (κ1) is 12.5. The van der Waals surface area contributed by atoms with Gasteiger partial charge in [-0.3, -0.25) is 0 Å². The van der Waals surface area contributed by atoms with E-state index in [1.54, 1.807) is 0 Å². The van der Waals surface area contributed by atoms with Crippen molar-refractivity contribution < 1.29 is 9.47 Å². The summed E-state index contributed by atoms with van der Waals surface area (Å²) in [5, 5.41) is 0.763. The lowest BCUT2D eigenvalue weighted by molar-refractivity contribution is 0.170. The number of nitrogens with two attached hydrogens (primary N) is 1. The van der Waals surface area contributed by atoms with Gasteiger partial charge in [0.05, 0.1) is 0 Å². The van der Waals surface area contributed by atoms with Gasteiger partial charge in [0.2, 0.25) is 0 Å². The van der Waals surface area contributed by atoms with Crippen LogP contribution in [0.5, 0.6) is 11.5 Å². The molecule has 0 radical (unpaired) electrons. The van der Waals surface area contributed by atoms with Gasteiger partial charge in [-0.15, -0.1) is 0 Å². The van der Waals surface area contributed by atoms with Crippen molar-refractivity contribution in [3.63, 3.8) is 0 Å². The summed E-state index contributed by atoms with van der Waals surface area (Å²) in [7, 11) is 0. The van der Waals surface area contributed by atoms with Crippen molar-refractivity contribution in [2.45, 2.75) is 26.2 Å². The van der Waals surface area contributed by atoms with E-state index in [-0.39, 0.29) is 0 Å². The Hall–Kier alpha value is -0.930. The molecule has 0 spiro atoms. The normalized spacial score (nSPS) is 13.8. The van der Waals surface area contributed by atoms with Crippen LogP contribution in [0, 0.1) is 0 Å². The standard InChI is InChI=1S/C13H18ClNO2/c1-2-9-10(4-3-5-15)11(14)8-12-13(9)17-7-6-16-12/h8H,2-7,15H2,1H3. The summed E-state index contributed by atoms with van der Waals surface area (Å²) < 4.78 is 11.3. The largest absolute Gasteiger partial charge is 0.486 e. The third-order valence-electron chi connectivity index (χ3n) is 2.98. The molecule has 0 unspecified atom stereocenters. The fourth-order valence-electron chi connectivity index (χ4n) is 2.18. The lowest BCUT2D eigenvalue weighted by Crippen LogP contribution is -2.17. The SMILES string of the molecule is CCc1c(CCCN)c(Cl)cc2c1OCCO2. The molecule has 17 heavy (non-hydrogen) atoms. The van der Waals surface area contributed by atoms with Crippen molar-refractivity contribution in [3.8, 4) is 11.5 Å². The first-order valence-corrected chi connectivity index (χ1v) is 6.45. The van der Waals surface area contributed by atoms with E-state index in [4.69, 9.17) is 26.8 Å². The summed E-state index contributed by atoms with van der Waals surface area (Å²) >= 11 is 6.30. The van der Waals surface area contributed by atoms with E-state index in [9.17, 15) is 0 Å². The van der Waals surface area contributed by atoms with E-state index in [0.29, 0.717) is 19.8 Å². The molecule has 0 saturated heterocycles. The summed E-state index contributed by atoms with van der Waals surface area (Å²) in [5.41, 5.74) is 7.88. The average Bonchev–Trinajstić information content (AvgIpc) is 2.35. The van der Waals surface area contributed by atoms with Crippen molar-refractivity contribution >= 4 is 11.6 Å². The van der Waals surface area contributed by atoms with Crippen LogP contribution in [0.3, 0.4) is 0 Å². The Labute approximate surface area is 107 Å². The minimum atomic E-state index is 0.592. The Morgan fingerprint density at radius 1 is 1.29 bits per heavy atom. The molecule has 94 valence electrons. The van der Waals surface area contributed by atoms with Crippen LogP contribution >= 0.6 is 11.6 Å². The maximum Gasteiger partial charge on any atom is 0.164 e. The molecule has 2 rings (SSSR count). The van der Waals surface area contributed by atoms with Crippen molar-refractivity contribution in [2.75, 3.05) is 19.8 Å². The highest BCUT2D eigenvalue weighted by Crippen LogP contribution is 2.40. The van der Waals surface area contributed by atoms with Crippen LogP contribution in [-0.2, 0) is 12.8 Å². The molecule has 1 aliphatic heterocycles. The lowest BCUT2D eigenvalue weighted by atomic mass is 9.99. The maximum absolute atomic E-state index is 6.30. The third kappa shape index (κ3) is 2.50. The zero-order valence-electron chi connectivity index (χ0n) is 10.1. The monoisotopic (exact) mass is 255 g/mol. The first-order chi connectivity index (χ1) is 8.27. The van der Waals surface area contributed by atoms with Gasteiger partial charge in [-0.2, -0.15) is 0 Å². The molecule has 0 saturated carbocycles. The summed E-state index contributed by atoms with van der Waals surface area (Å²) in [4.78, 5) is 0. The molecule has 1 aromatic rings. The van der Waals surface area contributed by atoms with Crippen molar-refractivity contribution in [2.24, 2.45) is 5.73 Å². The number of hydrogen-bond donors (Lipinski definition) is 1. The molecular formula is C13H18ClNO2. The second-order valence-electron chi connectivity index (χ2n) is 4.09. The zero-order valence-corrected chi connectivity index (χ0v) is 10.8. The van der Waals surface area contributed by atoms with E-state index < -0.39 is 0 Å². The van der Waals surface area contributed by atoms with Crippen LogP contribution in [-0.4, -0.2) is 19.8 Å². The summed E-state index contributed by atoms with van der Waals surface area (Å²) in [6, 6.07) is 1.86. The first-order valence-electron chi connectivity index (χ1n) is 6.07. The summed E-state index contributed by atoms with van der Waals surface area (Å²) in [5.74, 6) is 1.64.